The summed E-state index contributed by atoms with van der Waals surface area (Å²) in [4.78, 5) is 8.61. The highest BCUT2D eigenvalue weighted by Gasteiger charge is 2.14. The molecule has 0 saturated heterocycles. The van der Waals surface area contributed by atoms with Crippen molar-refractivity contribution in [1.82, 2.24) is 15.1 Å². The van der Waals surface area contributed by atoms with Crippen LogP contribution in [0.1, 0.15) is 13.8 Å². The molecule has 0 bridgehead atoms. The monoisotopic (exact) mass is 344 g/mol. The van der Waals surface area contributed by atoms with E-state index >= 15 is 0 Å². The molecule has 24 heavy (non-hydrogen) atoms. The SMILES string of the molecule is CNc1ccc(-c2noc(-c3cnc(OC(C)C)c(Cl)c3)n2)cc1. The van der Waals surface area contributed by atoms with Crippen LogP contribution in [0.15, 0.2) is 41.1 Å². The Balaban J connectivity index is 1.85. The molecule has 0 atom stereocenters. The number of nitrogens with zero attached hydrogens (tertiary/aromatic N) is 3. The number of aromatic nitrogens is 3. The van der Waals surface area contributed by atoms with Gasteiger partial charge < -0.3 is 14.6 Å². The molecule has 7 heteroatoms. The van der Waals surface area contributed by atoms with E-state index in [1.807, 2.05) is 45.2 Å². The Morgan fingerprint density at radius 2 is 1.92 bits per heavy atom. The fourth-order valence-corrected chi connectivity index (χ4v) is 2.31. The fourth-order valence-electron chi connectivity index (χ4n) is 2.10. The number of ether oxygens (including phenoxy) is 1. The van der Waals surface area contributed by atoms with Gasteiger partial charge in [0.2, 0.25) is 11.7 Å². The quantitative estimate of drug-likeness (QED) is 0.744. The maximum Gasteiger partial charge on any atom is 0.259 e. The third-order valence-corrected chi connectivity index (χ3v) is 3.53. The lowest BCUT2D eigenvalue weighted by Crippen LogP contribution is -2.07. The first kappa shape index (κ1) is 16.3. The van der Waals surface area contributed by atoms with Crippen LogP contribution in [0.2, 0.25) is 5.02 Å². The minimum atomic E-state index is -0.00330. The van der Waals surface area contributed by atoms with E-state index in [0.717, 1.165) is 11.3 Å². The average molecular weight is 345 g/mol. The first-order valence-corrected chi connectivity index (χ1v) is 7.89. The summed E-state index contributed by atoms with van der Waals surface area (Å²) in [5.74, 6) is 1.25. The molecule has 0 aliphatic heterocycles. The molecule has 0 radical (unpaired) electrons. The molecule has 0 amide bonds. The van der Waals surface area contributed by atoms with E-state index in [-0.39, 0.29) is 6.10 Å². The highest BCUT2D eigenvalue weighted by molar-refractivity contribution is 6.32. The molecule has 2 heterocycles. The van der Waals surface area contributed by atoms with Crippen molar-refractivity contribution < 1.29 is 9.26 Å². The van der Waals surface area contributed by atoms with Gasteiger partial charge in [0.1, 0.15) is 5.02 Å². The Hall–Kier alpha value is -2.60. The van der Waals surface area contributed by atoms with Crippen LogP contribution in [0.25, 0.3) is 22.8 Å². The van der Waals surface area contributed by atoms with Crippen LogP contribution >= 0.6 is 11.6 Å². The van der Waals surface area contributed by atoms with Crippen molar-refractivity contribution in [3.63, 3.8) is 0 Å². The Morgan fingerprint density at radius 3 is 2.54 bits per heavy atom. The van der Waals surface area contributed by atoms with Crippen LogP contribution in [0.3, 0.4) is 0 Å². The molecular weight excluding hydrogens is 328 g/mol. The molecule has 3 rings (SSSR count). The average Bonchev–Trinajstić information content (AvgIpc) is 3.06. The summed E-state index contributed by atoms with van der Waals surface area (Å²) in [6.45, 7) is 3.82. The number of hydrogen-bond acceptors (Lipinski definition) is 6. The number of rotatable bonds is 5. The summed E-state index contributed by atoms with van der Waals surface area (Å²) in [5, 5.41) is 7.47. The molecule has 3 aromatic rings. The topological polar surface area (TPSA) is 73.1 Å². The van der Waals surface area contributed by atoms with E-state index in [1.165, 1.54) is 0 Å². The third-order valence-electron chi connectivity index (χ3n) is 3.26. The van der Waals surface area contributed by atoms with Crippen molar-refractivity contribution in [2.75, 3.05) is 12.4 Å². The van der Waals surface area contributed by atoms with Crippen LogP contribution in [0.5, 0.6) is 5.88 Å². The van der Waals surface area contributed by atoms with E-state index in [0.29, 0.717) is 28.2 Å². The second-order valence-corrected chi connectivity index (χ2v) is 5.84. The number of pyridine rings is 1. The van der Waals surface area contributed by atoms with Crippen LogP contribution in [0.4, 0.5) is 5.69 Å². The molecule has 1 N–H and O–H groups in total. The van der Waals surface area contributed by atoms with Crippen LogP contribution in [-0.4, -0.2) is 28.3 Å². The Labute approximate surface area is 144 Å². The fraction of sp³-hybridized carbons (Fsp3) is 0.235. The van der Waals surface area contributed by atoms with Gasteiger partial charge in [-0.15, -0.1) is 0 Å². The molecule has 0 unspecified atom stereocenters. The zero-order valence-corrected chi connectivity index (χ0v) is 14.3. The summed E-state index contributed by atoms with van der Waals surface area (Å²) in [5.41, 5.74) is 2.52. The Morgan fingerprint density at radius 1 is 1.17 bits per heavy atom. The van der Waals surface area contributed by atoms with Gasteiger partial charge in [-0.3, -0.25) is 0 Å². The van der Waals surface area contributed by atoms with Crippen LogP contribution < -0.4 is 10.1 Å². The van der Waals surface area contributed by atoms with Gasteiger partial charge in [0, 0.05) is 24.5 Å². The number of benzene rings is 1. The van der Waals surface area contributed by atoms with E-state index in [1.54, 1.807) is 12.3 Å². The molecular formula is C17H17ClN4O2. The van der Waals surface area contributed by atoms with Gasteiger partial charge >= 0.3 is 0 Å². The normalized spacial score (nSPS) is 10.9. The van der Waals surface area contributed by atoms with Crippen molar-refractivity contribution in [3.05, 3.63) is 41.6 Å². The van der Waals surface area contributed by atoms with Gasteiger partial charge in [-0.2, -0.15) is 4.98 Å². The van der Waals surface area contributed by atoms with Gasteiger partial charge in [0.05, 0.1) is 11.7 Å². The van der Waals surface area contributed by atoms with Gasteiger partial charge in [-0.25, -0.2) is 4.98 Å². The minimum Gasteiger partial charge on any atom is -0.474 e. The highest BCUT2D eigenvalue weighted by atomic mass is 35.5. The molecule has 0 saturated carbocycles. The molecule has 0 fully saturated rings. The molecule has 2 aromatic heterocycles. The number of halogens is 1. The molecule has 0 aliphatic carbocycles. The van der Waals surface area contributed by atoms with Crippen molar-refractivity contribution >= 4 is 17.3 Å². The zero-order chi connectivity index (χ0) is 17.1. The van der Waals surface area contributed by atoms with E-state index in [9.17, 15) is 0 Å². The van der Waals surface area contributed by atoms with Gasteiger partial charge in [0.15, 0.2) is 0 Å². The Bertz CT molecular complexity index is 831. The lowest BCUT2D eigenvalue weighted by atomic mass is 10.2. The van der Waals surface area contributed by atoms with E-state index in [4.69, 9.17) is 20.9 Å². The van der Waals surface area contributed by atoms with Crippen molar-refractivity contribution in [2.45, 2.75) is 20.0 Å². The van der Waals surface area contributed by atoms with E-state index < -0.39 is 0 Å². The second kappa shape index (κ2) is 6.88. The van der Waals surface area contributed by atoms with E-state index in [2.05, 4.69) is 20.4 Å². The number of hydrogen-bond donors (Lipinski definition) is 1. The summed E-state index contributed by atoms with van der Waals surface area (Å²) < 4.78 is 10.8. The van der Waals surface area contributed by atoms with Crippen molar-refractivity contribution in [1.29, 1.82) is 0 Å². The summed E-state index contributed by atoms with van der Waals surface area (Å²) >= 11 is 6.20. The summed E-state index contributed by atoms with van der Waals surface area (Å²) in [6.07, 6.45) is 1.60. The molecule has 124 valence electrons. The maximum atomic E-state index is 6.20. The van der Waals surface area contributed by atoms with Crippen molar-refractivity contribution in [3.8, 4) is 28.7 Å². The second-order valence-electron chi connectivity index (χ2n) is 5.43. The first-order chi connectivity index (χ1) is 11.6. The van der Waals surface area contributed by atoms with Crippen LogP contribution in [0, 0.1) is 0 Å². The smallest absolute Gasteiger partial charge is 0.259 e. The van der Waals surface area contributed by atoms with Gasteiger partial charge in [0.25, 0.3) is 5.89 Å². The molecule has 6 nitrogen and oxygen atoms in total. The summed E-state index contributed by atoms with van der Waals surface area (Å²) in [6, 6.07) is 9.44. The minimum absolute atomic E-state index is 0.00330. The Kier molecular flexibility index (Phi) is 4.66. The van der Waals surface area contributed by atoms with Crippen LogP contribution in [-0.2, 0) is 0 Å². The van der Waals surface area contributed by atoms with Gasteiger partial charge in [-0.1, -0.05) is 16.8 Å². The van der Waals surface area contributed by atoms with Gasteiger partial charge in [-0.05, 0) is 44.2 Å². The standard InChI is InChI=1S/C17H17ClN4O2/c1-10(2)23-17-14(18)8-12(9-20-17)16-21-15(22-24-16)11-4-6-13(19-3)7-5-11/h4-10,19H,1-3H3. The largest absolute Gasteiger partial charge is 0.474 e. The molecule has 0 aliphatic rings. The molecule has 1 aromatic carbocycles. The zero-order valence-electron chi connectivity index (χ0n) is 13.6. The maximum absolute atomic E-state index is 6.20. The van der Waals surface area contributed by atoms with Crippen molar-refractivity contribution in [2.24, 2.45) is 0 Å². The first-order valence-electron chi connectivity index (χ1n) is 7.51. The number of anilines is 1. The lowest BCUT2D eigenvalue weighted by Gasteiger charge is -2.09. The molecule has 0 spiro atoms. The predicted octanol–water partition coefficient (Wildman–Crippen LogP) is 4.28. The number of nitrogens with one attached hydrogen (secondary N) is 1. The third kappa shape index (κ3) is 3.49. The predicted molar refractivity (Wildman–Crippen MR) is 93.3 cm³/mol. The highest BCUT2D eigenvalue weighted by Crippen LogP contribution is 2.29. The summed E-state index contributed by atoms with van der Waals surface area (Å²) in [7, 11) is 1.87. The lowest BCUT2D eigenvalue weighted by molar-refractivity contribution is 0.233.